The predicted octanol–water partition coefficient (Wildman–Crippen LogP) is -0.279. The van der Waals surface area contributed by atoms with Crippen LogP contribution in [0.5, 0.6) is 0 Å². The minimum absolute atomic E-state index is 0.727. The highest BCUT2D eigenvalue weighted by atomic mass is 16.5. The van der Waals surface area contributed by atoms with E-state index in [1.165, 1.54) is 13.1 Å². The topological polar surface area (TPSA) is 57.4 Å². The van der Waals surface area contributed by atoms with E-state index in [0.29, 0.717) is 0 Å². The van der Waals surface area contributed by atoms with Crippen molar-refractivity contribution in [3.05, 3.63) is 11.7 Å². The van der Waals surface area contributed by atoms with Gasteiger partial charge in [0.25, 0.3) is 0 Å². The molecular formula is C12H21N5O. The van der Waals surface area contributed by atoms with Crippen LogP contribution in [-0.4, -0.2) is 65.3 Å². The zero-order chi connectivity index (χ0) is 12.4. The first kappa shape index (κ1) is 12.1. The summed E-state index contributed by atoms with van der Waals surface area (Å²) in [6.07, 6.45) is 0.816. The van der Waals surface area contributed by atoms with Crippen LogP contribution in [0.1, 0.15) is 18.6 Å². The van der Waals surface area contributed by atoms with E-state index in [-0.39, 0.29) is 0 Å². The van der Waals surface area contributed by atoms with Gasteiger partial charge in [-0.3, -0.25) is 9.80 Å². The van der Waals surface area contributed by atoms with Crippen LogP contribution in [-0.2, 0) is 13.0 Å². The van der Waals surface area contributed by atoms with Crippen molar-refractivity contribution < 1.29 is 4.52 Å². The molecule has 3 heterocycles. The van der Waals surface area contributed by atoms with Crippen molar-refractivity contribution in [2.45, 2.75) is 25.9 Å². The van der Waals surface area contributed by atoms with Gasteiger partial charge in [-0.2, -0.15) is 4.98 Å². The quantitative estimate of drug-likeness (QED) is 0.794. The Hall–Kier alpha value is -0.980. The van der Waals surface area contributed by atoms with Crippen LogP contribution in [0, 0.1) is 0 Å². The maximum atomic E-state index is 5.12. The standard InChI is InChI=1S/C12H21N5O/c1-2-12-14-11(15-18-12)9-16-7-10(8-16)17-5-3-13-4-6-17/h10,13H,2-9H2,1H3. The van der Waals surface area contributed by atoms with Gasteiger partial charge in [0.2, 0.25) is 5.89 Å². The number of piperazine rings is 1. The molecule has 0 aromatic carbocycles. The molecule has 0 amide bonds. The lowest BCUT2D eigenvalue weighted by Crippen LogP contribution is -2.62. The molecular weight excluding hydrogens is 230 g/mol. The van der Waals surface area contributed by atoms with Crippen LogP contribution in [0.25, 0.3) is 0 Å². The fourth-order valence-corrected chi connectivity index (χ4v) is 2.65. The van der Waals surface area contributed by atoms with Gasteiger partial charge in [-0.05, 0) is 0 Å². The summed E-state index contributed by atoms with van der Waals surface area (Å²) in [4.78, 5) is 9.31. The second-order valence-electron chi connectivity index (χ2n) is 5.09. The Balaban J connectivity index is 1.44. The number of likely N-dealkylation sites (tertiary alicyclic amines) is 1. The Labute approximate surface area is 107 Å². The van der Waals surface area contributed by atoms with Crippen LogP contribution in [0.3, 0.4) is 0 Å². The van der Waals surface area contributed by atoms with Crippen molar-refractivity contribution >= 4 is 0 Å². The van der Waals surface area contributed by atoms with E-state index in [4.69, 9.17) is 4.52 Å². The molecule has 2 aliphatic rings. The number of nitrogens with zero attached hydrogens (tertiary/aromatic N) is 4. The van der Waals surface area contributed by atoms with Gasteiger partial charge in [0, 0.05) is 51.7 Å². The van der Waals surface area contributed by atoms with Gasteiger partial charge >= 0.3 is 0 Å². The number of rotatable bonds is 4. The molecule has 18 heavy (non-hydrogen) atoms. The summed E-state index contributed by atoms with van der Waals surface area (Å²) in [5, 5.41) is 7.39. The second-order valence-corrected chi connectivity index (χ2v) is 5.09. The Morgan fingerprint density at radius 3 is 2.78 bits per heavy atom. The summed E-state index contributed by atoms with van der Waals surface area (Å²) >= 11 is 0. The van der Waals surface area contributed by atoms with E-state index in [0.717, 1.165) is 56.9 Å². The molecule has 3 rings (SSSR count). The molecule has 0 spiro atoms. The summed E-state index contributed by atoms with van der Waals surface area (Å²) < 4.78 is 5.12. The fourth-order valence-electron chi connectivity index (χ4n) is 2.65. The smallest absolute Gasteiger partial charge is 0.226 e. The van der Waals surface area contributed by atoms with Crippen LogP contribution in [0.15, 0.2) is 4.52 Å². The highest BCUT2D eigenvalue weighted by Gasteiger charge is 2.32. The summed E-state index contributed by atoms with van der Waals surface area (Å²) in [6, 6.07) is 0.727. The maximum absolute atomic E-state index is 5.12. The van der Waals surface area contributed by atoms with Crippen LogP contribution >= 0.6 is 0 Å². The molecule has 2 aliphatic heterocycles. The van der Waals surface area contributed by atoms with E-state index < -0.39 is 0 Å². The highest BCUT2D eigenvalue weighted by Crippen LogP contribution is 2.17. The third-order valence-corrected chi connectivity index (χ3v) is 3.78. The molecule has 1 aromatic rings. The average Bonchev–Trinajstić information content (AvgIpc) is 2.82. The summed E-state index contributed by atoms with van der Waals surface area (Å²) in [6.45, 7) is 9.74. The van der Waals surface area contributed by atoms with Gasteiger partial charge in [-0.25, -0.2) is 0 Å². The van der Waals surface area contributed by atoms with Gasteiger partial charge in [0.15, 0.2) is 5.82 Å². The third-order valence-electron chi connectivity index (χ3n) is 3.78. The zero-order valence-corrected chi connectivity index (χ0v) is 10.9. The van der Waals surface area contributed by atoms with Gasteiger partial charge < -0.3 is 9.84 Å². The van der Waals surface area contributed by atoms with Crippen molar-refractivity contribution in [2.75, 3.05) is 39.3 Å². The molecule has 2 fully saturated rings. The minimum Gasteiger partial charge on any atom is -0.339 e. The molecule has 0 aliphatic carbocycles. The molecule has 1 aromatic heterocycles. The fraction of sp³-hybridized carbons (Fsp3) is 0.833. The number of aromatic nitrogens is 2. The molecule has 0 bridgehead atoms. The molecule has 0 saturated carbocycles. The Morgan fingerprint density at radius 1 is 1.33 bits per heavy atom. The normalized spacial score (nSPS) is 23.2. The Bertz CT molecular complexity index is 382. The first-order valence-electron chi connectivity index (χ1n) is 6.83. The first-order valence-corrected chi connectivity index (χ1v) is 6.83. The Morgan fingerprint density at radius 2 is 2.11 bits per heavy atom. The molecule has 1 N–H and O–H groups in total. The van der Waals surface area contributed by atoms with Gasteiger partial charge in [0.05, 0.1) is 6.54 Å². The minimum atomic E-state index is 0.727. The Kier molecular flexibility index (Phi) is 3.58. The summed E-state index contributed by atoms with van der Waals surface area (Å²) in [7, 11) is 0. The lowest BCUT2D eigenvalue weighted by molar-refractivity contribution is 0.0204. The second kappa shape index (κ2) is 5.34. The average molecular weight is 251 g/mol. The van der Waals surface area contributed by atoms with E-state index in [1.807, 2.05) is 6.92 Å². The maximum Gasteiger partial charge on any atom is 0.226 e. The monoisotopic (exact) mass is 251 g/mol. The summed E-state index contributed by atoms with van der Waals surface area (Å²) in [5.41, 5.74) is 0. The molecule has 0 atom stereocenters. The SMILES string of the molecule is CCc1nc(CN2CC(N3CCNCC3)C2)no1. The molecule has 0 unspecified atom stereocenters. The molecule has 6 heteroatoms. The van der Waals surface area contributed by atoms with Gasteiger partial charge in [-0.15, -0.1) is 0 Å². The van der Waals surface area contributed by atoms with Crippen molar-refractivity contribution in [3.8, 4) is 0 Å². The van der Waals surface area contributed by atoms with Crippen molar-refractivity contribution in [3.63, 3.8) is 0 Å². The van der Waals surface area contributed by atoms with Crippen LogP contribution < -0.4 is 5.32 Å². The van der Waals surface area contributed by atoms with Crippen molar-refractivity contribution in [1.29, 1.82) is 0 Å². The molecule has 100 valence electrons. The zero-order valence-electron chi connectivity index (χ0n) is 10.9. The van der Waals surface area contributed by atoms with E-state index in [1.54, 1.807) is 0 Å². The lowest BCUT2D eigenvalue weighted by atomic mass is 10.1. The molecule has 6 nitrogen and oxygen atoms in total. The van der Waals surface area contributed by atoms with E-state index >= 15 is 0 Å². The molecule has 0 radical (unpaired) electrons. The number of hydrogen-bond acceptors (Lipinski definition) is 6. The number of aryl methyl sites for hydroxylation is 1. The summed E-state index contributed by atoms with van der Waals surface area (Å²) in [5.74, 6) is 1.56. The van der Waals surface area contributed by atoms with Crippen molar-refractivity contribution in [1.82, 2.24) is 25.3 Å². The molecule has 2 saturated heterocycles. The van der Waals surface area contributed by atoms with Crippen LogP contribution in [0.4, 0.5) is 0 Å². The number of hydrogen-bond donors (Lipinski definition) is 1. The van der Waals surface area contributed by atoms with Gasteiger partial charge in [0.1, 0.15) is 0 Å². The van der Waals surface area contributed by atoms with E-state index in [2.05, 4.69) is 25.3 Å². The van der Waals surface area contributed by atoms with Crippen LogP contribution in [0.2, 0.25) is 0 Å². The largest absolute Gasteiger partial charge is 0.339 e. The third kappa shape index (κ3) is 2.55. The lowest BCUT2D eigenvalue weighted by Gasteiger charge is -2.46. The van der Waals surface area contributed by atoms with Gasteiger partial charge in [-0.1, -0.05) is 12.1 Å². The van der Waals surface area contributed by atoms with E-state index in [9.17, 15) is 0 Å². The highest BCUT2D eigenvalue weighted by molar-refractivity contribution is 4.94. The predicted molar refractivity (Wildman–Crippen MR) is 67.2 cm³/mol. The first-order chi connectivity index (χ1) is 8.85. The number of nitrogens with one attached hydrogen (secondary N) is 1. The van der Waals surface area contributed by atoms with Crippen molar-refractivity contribution in [2.24, 2.45) is 0 Å².